The summed E-state index contributed by atoms with van der Waals surface area (Å²) in [6.07, 6.45) is 0.0532. The molecule has 0 aliphatic carbocycles. The minimum Gasteiger partial charge on any atom is -0.491 e. The molecule has 1 saturated heterocycles. The highest BCUT2D eigenvalue weighted by Gasteiger charge is 2.24. The van der Waals surface area contributed by atoms with Crippen LogP contribution in [0.3, 0.4) is 0 Å². The Labute approximate surface area is 178 Å². The molecule has 10 nitrogen and oxygen atoms in total. The van der Waals surface area contributed by atoms with Crippen molar-refractivity contribution in [3.63, 3.8) is 0 Å². The van der Waals surface area contributed by atoms with Crippen LogP contribution in [-0.2, 0) is 24.8 Å². The number of aromatic amines is 1. The maximum atomic E-state index is 12.6. The van der Waals surface area contributed by atoms with Gasteiger partial charge in [0, 0.05) is 20.1 Å². The monoisotopic (exact) mass is 429 g/mol. The van der Waals surface area contributed by atoms with E-state index in [0.717, 1.165) is 6.42 Å². The van der Waals surface area contributed by atoms with E-state index in [4.69, 9.17) is 9.47 Å². The molecule has 31 heavy (non-hydrogen) atoms. The summed E-state index contributed by atoms with van der Waals surface area (Å²) in [4.78, 5) is 33.5. The summed E-state index contributed by atoms with van der Waals surface area (Å²) in [7, 11) is 1.56. The van der Waals surface area contributed by atoms with E-state index in [1.807, 2.05) is 29.2 Å². The Hall–Kier alpha value is -3.11. The van der Waals surface area contributed by atoms with E-state index in [2.05, 4.69) is 16.9 Å². The van der Waals surface area contributed by atoms with Crippen LogP contribution in [0.4, 0.5) is 5.95 Å². The Kier molecular flexibility index (Phi) is 6.10. The number of aromatic nitrogens is 4. The van der Waals surface area contributed by atoms with Crippen LogP contribution in [0.2, 0.25) is 0 Å². The number of aliphatic hydroxyl groups is 1. The van der Waals surface area contributed by atoms with E-state index in [1.165, 1.54) is 10.1 Å². The number of benzene rings is 1. The number of H-pyrrole nitrogens is 1. The Morgan fingerprint density at radius 1 is 1.23 bits per heavy atom. The second-order valence-electron chi connectivity index (χ2n) is 7.57. The van der Waals surface area contributed by atoms with Gasteiger partial charge in [0.2, 0.25) is 5.95 Å². The smallest absolute Gasteiger partial charge is 0.329 e. The van der Waals surface area contributed by atoms with Gasteiger partial charge < -0.3 is 24.0 Å². The Morgan fingerprint density at radius 3 is 2.61 bits per heavy atom. The van der Waals surface area contributed by atoms with Crippen LogP contribution in [-0.4, -0.2) is 63.2 Å². The van der Waals surface area contributed by atoms with Crippen molar-refractivity contribution in [2.75, 3.05) is 37.8 Å². The number of nitrogens with one attached hydrogen (secondary N) is 1. The number of aryl methyl sites for hydroxylation is 2. The summed E-state index contributed by atoms with van der Waals surface area (Å²) < 4.78 is 14.1. The zero-order chi connectivity index (χ0) is 22.0. The fourth-order valence-electron chi connectivity index (χ4n) is 3.68. The summed E-state index contributed by atoms with van der Waals surface area (Å²) in [6.45, 7) is 4.51. The quantitative estimate of drug-likeness (QED) is 0.554. The lowest BCUT2D eigenvalue weighted by Crippen LogP contribution is -2.39. The molecule has 3 heterocycles. The topological polar surface area (TPSA) is 115 Å². The lowest BCUT2D eigenvalue weighted by atomic mass is 10.2. The summed E-state index contributed by atoms with van der Waals surface area (Å²) in [5.41, 5.74) is 0.662. The second kappa shape index (κ2) is 8.94. The molecule has 2 N–H and O–H groups in total. The molecule has 166 valence electrons. The first-order chi connectivity index (χ1) is 15.0. The fourth-order valence-corrected chi connectivity index (χ4v) is 3.68. The molecule has 1 aliphatic heterocycles. The maximum Gasteiger partial charge on any atom is 0.329 e. The van der Waals surface area contributed by atoms with E-state index >= 15 is 0 Å². The second-order valence-corrected chi connectivity index (χ2v) is 7.57. The Morgan fingerprint density at radius 2 is 1.94 bits per heavy atom. The molecule has 0 spiro atoms. The van der Waals surface area contributed by atoms with Crippen LogP contribution < -0.4 is 20.9 Å². The largest absolute Gasteiger partial charge is 0.491 e. The molecular weight excluding hydrogens is 402 g/mol. The van der Waals surface area contributed by atoms with Gasteiger partial charge in [0.05, 0.1) is 19.8 Å². The highest BCUT2D eigenvalue weighted by molar-refractivity contribution is 5.74. The molecule has 3 aromatic rings. The standard InChI is InChI=1S/C21H27N5O5/c1-3-14-4-6-16(7-5-14)31-13-15(27)12-26-17-18(24(2)21(29)23-19(17)28)22-20(26)25-8-10-30-11-9-25/h4-7,15,27H,3,8-13H2,1-2H3,(H,23,28,29)/t15-/m0/s1. The van der Waals surface area contributed by atoms with Crippen LogP contribution >= 0.6 is 0 Å². The number of fused-ring (bicyclic) bond motifs is 1. The predicted molar refractivity (Wildman–Crippen MR) is 116 cm³/mol. The summed E-state index contributed by atoms with van der Waals surface area (Å²) in [5.74, 6) is 1.19. The van der Waals surface area contributed by atoms with Gasteiger partial charge in [0.1, 0.15) is 18.5 Å². The van der Waals surface area contributed by atoms with Gasteiger partial charge in [-0.3, -0.25) is 14.3 Å². The third kappa shape index (κ3) is 4.35. The lowest BCUT2D eigenvalue weighted by molar-refractivity contribution is 0.0927. The minimum atomic E-state index is -0.889. The van der Waals surface area contributed by atoms with E-state index in [1.54, 1.807) is 11.6 Å². The number of anilines is 1. The number of imidazole rings is 1. The molecule has 1 aromatic carbocycles. The van der Waals surface area contributed by atoms with Crippen LogP contribution in [0, 0.1) is 0 Å². The van der Waals surface area contributed by atoms with E-state index in [0.29, 0.717) is 38.0 Å². The first-order valence-corrected chi connectivity index (χ1v) is 10.4. The van der Waals surface area contributed by atoms with Gasteiger partial charge in [-0.05, 0) is 24.1 Å². The first-order valence-electron chi connectivity index (χ1n) is 10.4. The maximum absolute atomic E-state index is 12.6. The highest BCUT2D eigenvalue weighted by Crippen LogP contribution is 2.21. The number of hydrogen-bond acceptors (Lipinski definition) is 7. The zero-order valence-electron chi connectivity index (χ0n) is 17.7. The molecule has 0 amide bonds. The Bertz CT molecular complexity index is 1160. The number of nitrogens with zero attached hydrogens (tertiary/aromatic N) is 4. The van der Waals surface area contributed by atoms with Gasteiger partial charge in [-0.1, -0.05) is 19.1 Å². The molecule has 1 atom stereocenters. The van der Waals surface area contributed by atoms with Gasteiger partial charge in [0.15, 0.2) is 11.2 Å². The van der Waals surface area contributed by atoms with Crippen molar-refractivity contribution in [2.45, 2.75) is 26.0 Å². The average molecular weight is 429 g/mol. The number of aliphatic hydroxyl groups excluding tert-OH is 1. The Balaban J connectivity index is 1.62. The summed E-state index contributed by atoms with van der Waals surface area (Å²) in [5, 5.41) is 10.7. The van der Waals surface area contributed by atoms with Crippen molar-refractivity contribution in [1.82, 2.24) is 19.1 Å². The van der Waals surface area contributed by atoms with Crippen molar-refractivity contribution in [3.8, 4) is 5.75 Å². The molecule has 4 rings (SSSR count). The molecular formula is C21H27N5O5. The van der Waals surface area contributed by atoms with E-state index in [9.17, 15) is 14.7 Å². The third-order valence-corrected chi connectivity index (χ3v) is 5.45. The summed E-state index contributed by atoms with van der Waals surface area (Å²) in [6, 6.07) is 7.72. The average Bonchev–Trinajstić information content (AvgIpc) is 3.17. The zero-order valence-corrected chi connectivity index (χ0v) is 17.7. The van der Waals surface area contributed by atoms with Gasteiger partial charge in [-0.2, -0.15) is 4.98 Å². The minimum absolute atomic E-state index is 0.0529. The van der Waals surface area contributed by atoms with Crippen molar-refractivity contribution in [1.29, 1.82) is 0 Å². The van der Waals surface area contributed by atoms with Crippen LogP contribution in [0.25, 0.3) is 11.2 Å². The van der Waals surface area contributed by atoms with Gasteiger partial charge in [0.25, 0.3) is 5.56 Å². The molecule has 1 fully saturated rings. The highest BCUT2D eigenvalue weighted by atomic mass is 16.5. The molecule has 0 unspecified atom stereocenters. The summed E-state index contributed by atoms with van der Waals surface area (Å²) >= 11 is 0. The van der Waals surface area contributed by atoms with Crippen LogP contribution in [0.15, 0.2) is 33.9 Å². The van der Waals surface area contributed by atoms with Crippen LogP contribution in [0.5, 0.6) is 5.75 Å². The predicted octanol–water partition coefficient (Wildman–Crippen LogP) is 0.262. The van der Waals surface area contributed by atoms with Gasteiger partial charge >= 0.3 is 5.69 Å². The van der Waals surface area contributed by atoms with E-state index < -0.39 is 17.4 Å². The number of morpholine rings is 1. The van der Waals surface area contributed by atoms with Crippen molar-refractivity contribution < 1.29 is 14.6 Å². The van der Waals surface area contributed by atoms with Crippen LogP contribution in [0.1, 0.15) is 12.5 Å². The van der Waals surface area contributed by atoms with Gasteiger partial charge in [-0.25, -0.2) is 4.79 Å². The molecule has 1 aliphatic rings. The molecule has 0 bridgehead atoms. The molecule has 10 heteroatoms. The van der Waals surface area contributed by atoms with Crippen molar-refractivity contribution in [2.24, 2.45) is 7.05 Å². The van der Waals surface area contributed by atoms with Crippen molar-refractivity contribution in [3.05, 3.63) is 50.7 Å². The number of rotatable bonds is 7. The first kappa shape index (κ1) is 21.1. The molecule has 0 radical (unpaired) electrons. The number of hydrogen-bond donors (Lipinski definition) is 2. The number of ether oxygens (including phenoxy) is 2. The molecule has 2 aromatic heterocycles. The SMILES string of the molecule is CCc1ccc(OC[C@@H](O)Cn2c(N3CCOCC3)nc3c2c(=O)[nH]c(=O)n3C)cc1. The fraction of sp³-hybridized carbons (Fsp3) is 0.476. The van der Waals surface area contributed by atoms with Crippen molar-refractivity contribution >= 4 is 17.1 Å². The van der Waals surface area contributed by atoms with Gasteiger partial charge in [-0.15, -0.1) is 0 Å². The lowest BCUT2D eigenvalue weighted by Gasteiger charge is -2.28. The molecule has 0 saturated carbocycles. The third-order valence-electron chi connectivity index (χ3n) is 5.45. The van der Waals surface area contributed by atoms with E-state index in [-0.39, 0.29) is 24.3 Å². The normalized spacial score (nSPS) is 15.4.